The molecule has 3 rings (SSSR count). The van der Waals surface area contributed by atoms with Crippen LogP contribution in [-0.4, -0.2) is 32.0 Å². The van der Waals surface area contributed by atoms with E-state index in [-0.39, 0.29) is 10.8 Å². The number of aliphatic hydroxyl groups is 1. The van der Waals surface area contributed by atoms with Crippen molar-refractivity contribution in [3.05, 3.63) is 11.0 Å². The van der Waals surface area contributed by atoms with Crippen LogP contribution in [-0.2, 0) is 6.42 Å². The van der Waals surface area contributed by atoms with Gasteiger partial charge in [-0.15, -0.1) is 11.8 Å². The van der Waals surface area contributed by atoms with Crippen LogP contribution >= 0.6 is 23.4 Å². The molecule has 4 nitrogen and oxygen atoms in total. The van der Waals surface area contributed by atoms with Crippen molar-refractivity contribution in [1.82, 2.24) is 9.97 Å². The molecule has 0 spiro atoms. The zero-order valence-electron chi connectivity index (χ0n) is 10.5. The maximum Gasteiger partial charge on any atom is 0.224 e. The summed E-state index contributed by atoms with van der Waals surface area (Å²) in [5.41, 5.74) is -0.00335. The highest BCUT2D eigenvalue weighted by Crippen LogP contribution is 2.49. The third kappa shape index (κ3) is 1.98. The molecule has 98 valence electrons. The molecule has 6 heteroatoms. The highest BCUT2D eigenvalue weighted by molar-refractivity contribution is 7.99. The SMILES string of the molecule is CC(C)(O)C1(Nc2nc(Cl)nc3c2SCC3)CC1. The maximum absolute atomic E-state index is 10.2. The molecule has 1 aromatic rings. The molecule has 0 radical (unpaired) electrons. The number of aryl methyl sites for hydroxylation is 1. The van der Waals surface area contributed by atoms with Gasteiger partial charge in [-0.1, -0.05) is 0 Å². The van der Waals surface area contributed by atoms with E-state index in [0.717, 1.165) is 41.4 Å². The van der Waals surface area contributed by atoms with E-state index in [9.17, 15) is 5.11 Å². The number of rotatable bonds is 3. The van der Waals surface area contributed by atoms with Gasteiger partial charge >= 0.3 is 0 Å². The van der Waals surface area contributed by atoms with Gasteiger partial charge in [-0.25, -0.2) is 4.98 Å². The summed E-state index contributed by atoms with van der Waals surface area (Å²) in [5.74, 6) is 1.81. The van der Waals surface area contributed by atoms with Gasteiger partial charge in [-0.2, -0.15) is 4.98 Å². The Labute approximate surface area is 116 Å². The van der Waals surface area contributed by atoms with E-state index < -0.39 is 5.60 Å². The second kappa shape index (κ2) is 3.99. The zero-order chi connectivity index (χ0) is 13.0. The van der Waals surface area contributed by atoms with Crippen molar-refractivity contribution in [3.8, 4) is 0 Å². The van der Waals surface area contributed by atoms with Gasteiger partial charge in [0, 0.05) is 12.2 Å². The van der Waals surface area contributed by atoms with Crippen LogP contribution in [0.3, 0.4) is 0 Å². The van der Waals surface area contributed by atoms with Crippen LogP contribution in [0.15, 0.2) is 4.90 Å². The van der Waals surface area contributed by atoms with Crippen molar-refractivity contribution in [3.63, 3.8) is 0 Å². The summed E-state index contributed by atoms with van der Waals surface area (Å²) in [4.78, 5) is 9.65. The molecule has 2 heterocycles. The third-order valence-corrected chi connectivity index (χ3v) is 5.07. The van der Waals surface area contributed by atoms with Crippen LogP contribution in [0.4, 0.5) is 5.82 Å². The summed E-state index contributed by atoms with van der Waals surface area (Å²) in [6, 6.07) is 0. The predicted octanol–water partition coefficient (Wildman–Crippen LogP) is 2.49. The van der Waals surface area contributed by atoms with E-state index in [2.05, 4.69) is 15.3 Å². The molecule has 1 aliphatic heterocycles. The fourth-order valence-electron chi connectivity index (χ4n) is 2.36. The predicted molar refractivity (Wildman–Crippen MR) is 73.4 cm³/mol. The molecule has 0 saturated heterocycles. The first-order valence-electron chi connectivity index (χ1n) is 6.11. The summed E-state index contributed by atoms with van der Waals surface area (Å²) in [6.07, 6.45) is 2.85. The first kappa shape index (κ1) is 12.5. The summed E-state index contributed by atoms with van der Waals surface area (Å²) in [5, 5.41) is 13.9. The molecule has 2 aliphatic rings. The van der Waals surface area contributed by atoms with Gasteiger partial charge in [0.05, 0.1) is 21.7 Å². The lowest BCUT2D eigenvalue weighted by atomic mass is 9.96. The first-order chi connectivity index (χ1) is 8.41. The highest BCUT2D eigenvalue weighted by atomic mass is 35.5. The Balaban J connectivity index is 1.95. The monoisotopic (exact) mass is 285 g/mol. The van der Waals surface area contributed by atoms with E-state index in [1.807, 2.05) is 13.8 Å². The molecule has 0 unspecified atom stereocenters. The molecule has 0 aromatic carbocycles. The Morgan fingerprint density at radius 3 is 2.72 bits per heavy atom. The average Bonchev–Trinajstić information content (AvgIpc) is 2.88. The van der Waals surface area contributed by atoms with E-state index in [0.29, 0.717) is 0 Å². The number of halogens is 1. The van der Waals surface area contributed by atoms with Crippen molar-refractivity contribution >= 4 is 29.2 Å². The molecule has 0 atom stereocenters. The number of hydrogen-bond acceptors (Lipinski definition) is 5. The van der Waals surface area contributed by atoms with Gasteiger partial charge in [-0.05, 0) is 38.3 Å². The Kier molecular flexibility index (Phi) is 2.77. The molecule has 1 fully saturated rings. The first-order valence-corrected chi connectivity index (χ1v) is 7.47. The molecule has 0 bridgehead atoms. The van der Waals surface area contributed by atoms with Crippen LogP contribution in [0.2, 0.25) is 5.28 Å². The number of hydrogen-bond donors (Lipinski definition) is 2. The van der Waals surface area contributed by atoms with Crippen LogP contribution in [0.25, 0.3) is 0 Å². The van der Waals surface area contributed by atoms with Crippen LogP contribution in [0.5, 0.6) is 0 Å². The number of anilines is 1. The highest BCUT2D eigenvalue weighted by Gasteiger charge is 2.54. The van der Waals surface area contributed by atoms with Crippen molar-refractivity contribution in [2.75, 3.05) is 11.1 Å². The van der Waals surface area contributed by atoms with Gasteiger partial charge in [0.1, 0.15) is 5.82 Å². The standard InChI is InChI=1S/C12H16ClN3OS/c1-11(2,17)12(4-5-12)16-9-8-7(3-6-18-8)14-10(13)15-9/h17H,3-6H2,1-2H3,(H,14,15,16). The lowest BCUT2D eigenvalue weighted by Gasteiger charge is -2.31. The lowest BCUT2D eigenvalue weighted by molar-refractivity contribution is 0.0493. The molecule has 18 heavy (non-hydrogen) atoms. The average molecular weight is 286 g/mol. The Morgan fingerprint density at radius 1 is 1.39 bits per heavy atom. The van der Waals surface area contributed by atoms with Crippen LogP contribution in [0.1, 0.15) is 32.4 Å². The van der Waals surface area contributed by atoms with Crippen molar-refractivity contribution in [2.45, 2.75) is 49.1 Å². The van der Waals surface area contributed by atoms with Crippen LogP contribution < -0.4 is 5.32 Å². The van der Waals surface area contributed by atoms with E-state index in [4.69, 9.17) is 11.6 Å². The number of nitrogens with zero attached hydrogens (tertiary/aromatic N) is 2. The zero-order valence-corrected chi connectivity index (χ0v) is 12.0. The second-order valence-electron chi connectivity index (χ2n) is 5.48. The molecular formula is C12H16ClN3OS. The molecular weight excluding hydrogens is 270 g/mol. The van der Waals surface area contributed by atoms with E-state index in [1.165, 1.54) is 0 Å². The molecule has 2 N–H and O–H groups in total. The van der Waals surface area contributed by atoms with Crippen molar-refractivity contribution in [2.24, 2.45) is 0 Å². The Hall–Kier alpha value is -0.520. The molecule has 1 aliphatic carbocycles. The summed E-state index contributed by atoms with van der Waals surface area (Å²) < 4.78 is 0. The van der Waals surface area contributed by atoms with Gasteiger partial charge in [0.2, 0.25) is 5.28 Å². The maximum atomic E-state index is 10.2. The van der Waals surface area contributed by atoms with Crippen LogP contribution in [0, 0.1) is 0 Å². The van der Waals surface area contributed by atoms with E-state index >= 15 is 0 Å². The van der Waals surface area contributed by atoms with Gasteiger partial charge < -0.3 is 10.4 Å². The number of nitrogens with one attached hydrogen (secondary N) is 1. The largest absolute Gasteiger partial charge is 0.388 e. The van der Waals surface area contributed by atoms with Gasteiger partial charge in [0.15, 0.2) is 0 Å². The lowest BCUT2D eigenvalue weighted by Crippen LogP contribution is -2.44. The molecule has 1 aromatic heterocycles. The van der Waals surface area contributed by atoms with Gasteiger partial charge in [0.25, 0.3) is 0 Å². The smallest absolute Gasteiger partial charge is 0.224 e. The van der Waals surface area contributed by atoms with Crippen molar-refractivity contribution < 1.29 is 5.11 Å². The number of aromatic nitrogens is 2. The summed E-state index contributed by atoms with van der Waals surface area (Å²) in [7, 11) is 0. The number of thioether (sulfide) groups is 1. The Bertz CT molecular complexity index is 497. The summed E-state index contributed by atoms with van der Waals surface area (Å²) >= 11 is 7.71. The minimum absolute atomic E-state index is 0.262. The molecule has 1 saturated carbocycles. The Morgan fingerprint density at radius 2 is 2.11 bits per heavy atom. The minimum Gasteiger partial charge on any atom is -0.388 e. The van der Waals surface area contributed by atoms with E-state index in [1.54, 1.807) is 11.8 Å². The topological polar surface area (TPSA) is 58.0 Å². The normalized spacial score (nSPS) is 20.7. The number of fused-ring (bicyclic) bond motifs is 1. The summed E-state index contributed by atoms with van der Waals surface area (Å²) in [6.45, 7) is 3.67. The second-order valence-corrected chi connectivity index (χ2v) is 6.92. The van der Waals surface area contributed by atoms with Crippen molar-refractivity contribution in [1.29, 1.82) is 0 Å². The fraction of sp³-hybridized carbons (Fsp3) is 0.667. The fourth-order valence-corrected chi connectivity index (χ4v) is 3.60. The quantitative estimate of drug-likeness (QED) is 0.836. The minimum atomic E-state index is -0.763. The third-order valence-electron chi connectivity index (χ3n) is 3.77. The van der Waals surface area contributed by atoms with Gasteiger partial charge in [-0.3, -0.25) is 0 Å². The molecule has 0 amide bonds.